The van der Waals surface area contributed by atoms with Gasteiger partial charge in [-0.25, -0.2) is 4.79 Å². The Labute approximate surface area is 207 Å². The summed E-state index contributed by atoms with van der Waals surface area (Å²) in [4.78, 5) is 25.1. The molecule has 0 saturated heterocycles. The standard InChI is InChI=1S/C28H25NO5S/c1-2-33-15-16-35-24-14-10-20-17-23(13-9-21(20)18-24)34-22-11-7-19(8-12-22)27(30)29-26-6-4-3-5-25(26)28(31)32/h3-14,17-18H,2,15-16H2,1H3,(H,29,30)(H,31,32). The molecule has 4 aromatic rings. The first-order chi connectivity index (χ1) is 17.0. The van der Waals surface area contributed by atoms with E-state index in [1.165, 1.54) is 11.0 Å². The van der Waals surface area contributed by atoms with E-state index in [2.05, 4.69) is 23.5 Å². The molecule has 0 aromatic heterocycles. The number of amides is 1. The molecule has 0 saturated carbocycles. The summed E-state index contributed by atoms with van der Waals surface area (Å²) in [5, 5.41) is 14.1. The molecule has 4 aromatic carbocycles. The Morgan fingerprint density at radius 2 is 1.60 bits per heavy atom. The Morgan fingerprint density at radius 3 is 2.37 bits per heavy atom. The molecule has 2 N–H and O–H groups in total. The van der Waals surface area contributed by atoms with Crippen LogP contribution in [0.3, 0.4) is 0 Å². The van der Waals surface area contributed by atoms with Crippen LogP contribution in [0.15, 0.2) is 89.8 Å². The number of carbonyl (C=O) groups excluding carboxylic acids is 1. The van der Waals surface area contributed by atoms with Gasteiger partial charge >= 0.3 is 5.97 Å². The van der Waals surface area contributed by atoms with Gasteiger partial charge in [0.15, 0.2) is 0 Å². The number of ether oxygens (including phenoxy) is 2. The van der Waals surface area contributed by atoms with Gasteiger partial charge in [0.1, 0.15) is 11.5 Å². The van der Waals surface area contributed by atoms with Crippen molar-refractivity contribution in [3.63, 3.8) is 0 Å². The lowest BCUT2D eigenvalue weighted by Crippen LogP contribution is -2.14. The highest BCUT2D eigenvalue weighted by Gasteiger charge is 2.13. The number of hydrogen-bond donors (Lipinski definition) is 2. The molecule has 35 heavy (non-hydrogen) atoms. The number of aromatic carboxylic acids is 1. The molecule has 0 fully saturated rings. The van der Waals surface area contributed by atoms with Gasteiger partial charge in [-0.2, -0.15) is 0 Å². The number of benzene rings is 4. The third kappa shape index (κ3) is 6.41. The van der Waals surface area contributed by atoms with Crippen LogP contribution >= 0.6 is 11.8 Å². The lowest BCUT2D eigenvalue weighted by Gasteiger charge is -2.10. The number of rotatable bonds is 10. The number of carbonyl (C=O) groups is 2. The Balaban J connectivity index is 1.40. The zero-order valence-corrected chi connectivity index (χ0v) is 20.0. The first kappa shape index (κ1) is 24.3. The fourth-order valence-corrected chi connectivity index (χ4v) is 4.31. The molecule has 0 aliphatic rings. The highest BCUT2D eigenvalue weighted by Crippen LogP contribution is 2.29. The van der Waals surface area contributed by atoms with Crippen molar-refractivity contribution in [1.29, 1.82) is 0 Å². The second-order valence-corrected chi connectivity index (χ2v) is 8.82. The molecule has 178 valence electrons. The topological polar surface area (TPSA) is 84.9 Å². The molecule has 0 heterocycles. The van der Waals surface area contributed by atoms with E-state index < -0.39 is 11.9 Å². The summed E-state index contributed by atoms with van der Waals surface area (Å²) in [6.07, 6.45) is 0. The fraction of sp³-hybridized carbons (Fsp3) is 0.143. The van der Waals surface area contributed by atoms with Gasteiger partial charge in [-0.1, -0.05) is 24.3 Å². The Bertz CT molecular complexity index is 1340. The van der Waals surface area contributed by atoms with Crippen molar-refractivity contribution in [2.45, 2.75) is 11.8 Å². The van der Waals surface area contributed by atoms with Gasteiger partial charge in [-0.3, -0.25) is 4.79 Å². The van der Waals surface area contributed by atoms with Gasteiger partial charge < -0.3 is 19.9 Å². The number of hydrogen-bond acceptors (Lipinski definition) is 5. The normalized spacial score (nSPS) is 10.8. The average molecular weight is 488 g/mol. The van der Waals surface area contributed by atoms with Crippen LogP contribution in [0.5, 0.6) is 11.5 Å². The zero-order chi connectivity index (χ0) is 24.6. The van der Waals surface area contributed by atoms with Gasteiger partial charge in [0.05, 0.1) is 17.9 Å². The maximum absolute atomic E-state index is 12.6. The highest BCUT2D eigenvalue weighted by molar-refractivity contribution is 7.99. The zero-order valence-electron chi connectivity index (χ0n) is 19.2. The largest absolute Gasteiger partial charge is 0.478 e. The molecule has 0 radical (unpaired) electrons. The van der Waals surface area contributed by atoms with E-state index in [9.17, 15) is 14.7 Å². The van der Waals surface area contributed by atoms with Crippen LogP contribution in [-0.2, 0) is 4.74 Å². The van der Waals surface area contributed by atoms with Gasteiger partial charge in [-0.05, 0) is 78.4 Å². The first-order valence-electron chi connectivity index (χ1n) is 11.2. The summed E-state index contributed by atoms with van der Waals surface area (Å²) >= 11 is 1.77. The maximum atomic E-state index is 12.6. The van der Waals surface area contributed by atoms with Crippen molar-refractivity contribution in [2.24, 2.45) is 0 Å². The van der Waals surface area contributed by atoms with Gasteiger partial charge in [0, 0.05) is 22.8 Å². The third-order valence-electron chi connectivity index (χ3n) is 5.24. The Hall–Kier alpha value is -3.81. The molecular weight excluding hydrogens is 462 g/mol. The second-order valence-electron chi connectivity index (χ2n) is 7.65. The van der Waals surface area contributed by atoms with E-state index in [0.717, 1.165) is 29.7 Å². The monoisotopic (exact) mass is 487 g/mol. The van der Waals surface area contributed by atoms with Gasteiger partial charge in [-0.15, -0.1) is 11.8 Å². The number of carboxylic acids is 1. The maximum Gasteiger partial charge on any atom is 0.337 e. The predicted molar refractivity (Wildman–Crippen MR) is 139 cm³/mol. The van der Waals surface area contributed by atoms with Crippen molar-refractivity contribution < 1.29 is 24.2 Å². The molecule has 0 aliphatic carbocycles. The number of anilines is 1. The molecule has 0 unspecified atom stereocenters. The number of fused-ring (bicyclic) bond motifs is 1. The minimum absolute atomic E-state index is 0.0355. The first-order valence-corrected chi connectivity index (χ1v) is 12.2. The van der Waals surface area contributed by atoms with Crippen molar-refractivity contribution >= 4 is 40.1 Å². The van der Waals surface area contributed by atoms with Crippen LogP contribution in [0.4, 0.5) is 5.69 Å². The molecule has 6 nitrogen and oxygen atoms in total. The summed E-state index contributed by atoms with van der Waals surface area (Å²) < 4.78 is 11.4. The summed E-state index contributed by atoms with van der Waals surface area (Å²) in [5.74, 6) is 0.708. The van der Waals surface area contributed by atoms with Crippen molar-refractivity contribution in [3.8, 4) is 11.5 Å². The molecule has 0 spiro atoms. The second kappa shape index (κ2) is 11.6. The quantitative estimate of drug-likeness (QED) is 0.191. The molecule has 0 bridgehead atoms. The highest BCUT2D eigenvalue weighted by atomic mass is 32.2. The van der Waals surface area contributed by atoms with E-state index in [4.69, 9.17) is 9.47 Å². The van der Waals surface area contributed by atoms with Crippen LogP contribution in [0.2, 0.25) is 0 Å². The van der Waals surface area contributed by atoms with Crippen LogP contribution in [0, 0.1) is 0 Å². The molecule has 4 rings (SSSR count). The van der Waals surface area contributed by atoms with E-state index in [-0.39, 0.29) is 11.3 Å². The SMILES string of the molecule is CCOCCSc1ccc2cc(Oc3ccc(C(=O)Nc4ccccc4C(=O)O)cc3)ccc2c1. The molecular formula is C28H25NO5S. The summed E-state index contributed by atoms with van der Waals surface area (Å²) in [6.45, 7) is 3.47. The molecule has 0 aliphatic heterocycles. The fourth-order valence-electron chi connectivity index (χ4n) is 3.50. The summed E-state index contributed by atoms with van der Waals surface area (Å²) in [5.41, 5.74) is 0.677. The van der Waals surface area contributed by atoms with E-state index in [1.807, 2.05) is 25.1 Å². The summed E-state index contributed by atoms with van der Waals surface area (Å²) in [6, 6.07) is 25.2. The number of para-hydroxylation sites is 1. The third-order valence-corrected chi connectivity index (χ3v) is 6.20. The van der Waals surface area contributed by atoms with Gasteiger partial charge in [0.25, 0.3) is 5.91 Å². The van der Waals surface area contributed by atoms with E-state index >= 15 is 0 Å². The molecule has 7 heteroatoms. The van der Waals surface area contributed by atoms with Crippen molar-refractivity contribution in [3.05, 3.63) is 96.1 Å². The number of thioether (sulfide) groups is 1. The average Bonchev–Trinajstić information content (AvgIpc) is 2.87. The minimum atomic E-state index is -1.10. The van der Waals surface area contributed by atoms with E-state index in [1.54, 1.807) is 54.2 Å². The van der Waals surface area contributed by atoms with Crippen LogP contribution in [0.25, 0.3) is 10.8 Å². The summed E-state index contributed by atoms with van der Waals surface area (Å²) in [7, 11) is 0. The number of carboxylic acid groups (broad SMARTS) is 1. The minimum Gasteiger partial charge on any atom is -0.478 e. The lowest BCUT2D eigenvalue weighted by molar-refractivity contribution is 0.0698. The number of nitrogens with one attached hydrogen (secondary N) is 1. The smallest absolute Gasteiger partial charge is 0.337 e. The molecule has 1 amide bonds. The van der Waals surface area contributed by atoms with Crippen molar-refractivity contribution in [1.82, 2.24) is 0 Å². The lowest BCUT2D eigenvalue weighted by atomic mass is 10.1. The van der Waals surface area contributed by atoms with Crippen LogP contribution in [0.1, 0.15) is 27.6 Å². The van der Waals surface area contributed by atoms with Crippen molar-refractivity contribution in [2.75, 3.05) is 24.3 Å². The van der Waals surface area contributed by atoms with Crippen LogP contribution in [-0.4, -0.2) is 35.9 Å². The Morgan fingerprint density at radius 1 is 0.886 bits per heavy atom. The Kier molecular flexibility index (Phi) is 8.03. The van der Waals surface area contributed by atoms with Crippen LogP contribution < -0.4 is 10.1 Å². The predicted octanol–water partition coefficient (Wildman–Crippen LogP) is 6.71. The van der Waals surface area contributed by atoms with E-state index in [0.29, 0.717) is 17.1 Å². The van der Waals surface area contributed by atoms with Gasteiger partial charge in [0.2, 0.25) is 0 Å². The molecule has 0 atom stereocenters.